The third-order valence-electron chi connectivity index (χ3n) is 3.65. The molecule has 2 aromatic rings. The van der Waals surface area contributed by atoms with Crippen LogP contribution >= 0.6 is 0 Å². The molecule has 0 spiro atoms. The van der Waals surface area contributed by atoms with Gasteiger partial charge in [-0.1, -0.05) is 73.9 Å². The monoisotopic (exact) mass is 252 g/mol. The topological polar surface area (TPSA) is 0 Å². The van der Waals surface area contributed by atoms with Gasteiger partial charge in [0, 0.05) is 0 Å². The van der Waals surface area contributed by atoms with Crippen LogP contribution in [-0.2, 0) is 12.8 Å². The average molecular weight is 252 g/mol. The molecule has 0 unspecified atom stereocenters. The first-order chi connectivity index (χ1) is 9.29. The largest absolute Gasteiger partial charge is 0.0654 e. The van der Waals surface area contributed by atoms with E-state index in [1.165, 1.54) is 47.9 Å². The summed E-state index contributed by atoms with van der Waals surface area (Å²) in [5.74, 6) is 0. The van der Waals surface area contributed by atoms with Gasteiger partial charge in [0.05, 0.1) is 0 Å². The molecule has 2 aromatic carbocycles. The van der Waals surface area contributed by atoms with Crippen LogP contribution in [0.5, 0.6) is 0 Å². The van der Waals surface area contributed by atoms with Gasteiger partial charge in [-0.25, -0.2) is 0 Å². The lowest BCUT2D eigenvalue weighted by molar-refractivity contribution is 0.714. The molecule has 0 nitrogen and oxygen atoms in total. The van der Waals surface area contributed by atoms with Crippen LogP contribution in [0, 0.1) is 6.92 Å². The third kappa shape index (κ3) is 4.24. The van der Waals surface area contributed by atoms with Crippen LogP contribution in [0.1, 0.15) is 48.4 Å². The molecule has 0 saturated carbocycles. The van der Waals surface area contributed by atoms with Crippen LogP contribution < -0.4 is 0 Å². The van der Waals surface area contributed by atoms with E-state index in [2.05, 4.69) is 62.4 Å². The first-order valence-corrected chi connectivity index (χ1v) is 7.42. The quantitative estimate of drug-likeness (QED) is 0.610. The maximum Gasteiger partial charge on any atom is -0.00229 e. The van der Waals surface area contributed by atoms with Crippen molar-refractivity contribution in [2.75, 3.05) is 0 Å². The number of unbranched alkanes of at least 4 members (excludes halogenated alkanes) is 2. The van der Waals surface area contributed by atoms with E-state index in [-0.39, 0.29) is 0 Å². The van der Waals surface area contributed by atoms with Gasteiger partial charge in [0.1, 0.15) is 0 Å². The minimum atomic E-state index is 1.06. The van der Waals surface area contributed by atoms with Crippen LogP contribution in [0.2, 0.25) is 0 Å². The second kappa shape index (κ2) is 7.13. The predicted molar refractivity (Wildman–Crippen MR) is 83.7 cm³/mol. The molecule has 0 heteroatoms. The fraction of sp³-hybridized carbons (Fsp3) is 0.368. The molecule has 0 aliphatic carbocycles. The van der Waals surface area contributed by atoms with Crippen molar-refractivity contribution >= 4 is 0 Å². The second-order valence-electron chi connectivity index (χ2n) is 5.39. The zero-order chi connectivity index (χ0) is 13.5. The Kier molecular flexibility index (Phi) is 5.20. The molecule has 0 amide bonds. The van der Waals surface area contributed by atoms with Gasteiger partial charge >= 0.3 is 0 Å². The molecule has 0 atom stereocenters. The van der Waals surface area contributed by atoms with Crippen molar-refractivity contribution in [2.24, 2.45) is 0 Å². The van der Waals surface area contributed by atoms with Gasteiger partial charge in [0.15, 0.2) is 0 Å². The molecule has 19 heavy (non-hydrogen) atoms. The minimum Gasteiger partial charge on any atom is -0.0654 e. The van der Waals surface area contributed by atoms with Crippen LogP contribution in [0.3, 0.4) is 0 Å². The molecular weight excluding hydrogens is 228 g/mol. The van der Waals surface area contributed by atoms with Crippen LogP contribution in [0.25, 0.3) is 0 Å². The highest BCUT2D eigenvalue weighted by Gasteiger charge is 2.03. The smallest absolute Gasteiger partial charge is 0.00229 e. The normalized spacial score (nSPS) is 10.6. The average Bonchev–Trinajstić information content (AvgIpc) is 2.41. The van der Waals surface area contributed by atoms with Gasteiger partial charge < -0.3 is 0 Å². The molecule has 0 N–H and O–H groups in total. The predicted octanol–water partition coefficient (Wildman–Crippen LogP) is 5.32. The summed E-state index contributed by atoms with van der Waals surface area (Å²) in [6.07, 6.45) is 6.21. The molecule has 0 radical (unpaired) electrons. The van der Waals surface area contributed by atoms with Crippen molar-refractivity contribution in [1.82, 2.24) is 0 Å². The summed E-state index contributed by atoms with van der Waals surface area (Å²) in [7, 11) is 0. The van der Waals surface area contributed by atoms with Crippen molar-refractivity contribution in [1.29, 1.82) is 0 Å². The molecule has 0 aliphatic heterocycles. The van der Waals surface area contributed by atoms with Crippen molar-refractivity contribution in [2.45, 2.75) is 46.0 Å². The van der Waals surface area contributed by atoms with E-state index in [0.29, 0.717) is 0 Å². The van der Waals surface area contributed by atoms with Gasteiger partial charge in [-0.15, -0.1) is 0 Å². The van der Waals surface area contributed by atoms with Crippen molar-refractivity contribution in [3.05, 3.63) is 70.8 Å². The molecule has 100 valence electrons. The van der Waals surface area contributed by atoms with Crippen molar-refractivity contribution in [3.8, 4) is 0 Å². The molecule has 0 aromatic heterocycles. The Morgan fingerprint density at radius 2 is 1.63 bits per heavy atom. The highest BCUT2D eigenvalue weighted by Crippen LogP contribution is 2.17. The second-order valence-corrected chi connectivity index (χ2v) is 5.39. The lowest BCUT2D eigenvalue weighted by atomic mass is 9.96. The Balaban J connectivity index is 2.11. The van der Waals surface area contributed by atoms with E-state index in [4.69, 9.17) is 0 Å². The number of rotatable bonds is 6. The first-order valence-electron chi connectivity index (χ1n) is 7.42. The molecule has 0 heterocycles. The van der Waals surface area contributed by atoms with E-state index in [9.17, 15) is 0 Å². The Bertz CT molecular complexity index is 511. The van der Waals surface area contributed by atoms with E-state index >= 15 is 0 Å². The number of hydrogen-bond acceptors (Lipinski definition) is 0. The Morgan fingerprint density at radius 1 is 0.842 bits per heavy atom. The lowest BCUT2D eigenvalue weighted by Crippen LogP contribution is -1.96. The molecule has 0 saturated heterocycles. The van der Waals surface area contributed by atoms with Gasteiger partial charge in [0.25, 0.3) is 0 Å². The van der Waals surface area contributed by atoms with E-state index in [1.54, 1.807) is 0 Å². The van der Waals surface area contributed by atoms with E-state index < -0.39 is 0 Å². The summed E-state index contributed by atoms with van der Waals surface area (Å²) < 4.78 is 0. The summed E-state index contributed by atoms with van der Waals surface area (Å²) in [4.78, 5) is 0. The third-order valence-corrected chi connectivity index (χ3v) is 3.65. The minimum absolute atomic E-state index is 1.06. The standard InChI is InChI=1S/C19H24/c1-3-4-5-11-18-12-6-7-13-19(18)15-17-10-8-9-16(2)14-17/h6-10,12-14H,3-5,11,15H2,1-2H3. The summed E-state index contributed by atoms with van der Waals surface area (Å²) >= 11 is 0. The number of hydrogen-bond donors (Lipinski definition) is 0. The van der Waals surface area contributed by atoms with Gasteiger partial charge in [0.2, 0.25) is 0 Å². The summed E-state index contributed by atoms with van der Waals surface area (Å²) in [5.41, 5.74) is 5.78. The summed E-state index contributed by atoms with van der Waals surface area (Å²) in [6.45, 7) is 4.43. The fourth-order valence-electron chi connectivity index (χ4n) is 2.58. The van der Waals surface area contributed by atoms with Crippen LogP contribution in [0.4, 0.5) is 0 Å². The zero-order valence-electron chi connectivity index (χ0n) is 12.2. The maximum absolute atomic E-state index is 2.29. The zero-order valence-corrected chi connectivity index (χ0v) is 12.2. The van der Waals surface area contributed by atoms with Gasteiger partial charge in [-0.05, 0) is 42.9 Å². The SMILES string of the molecule is CCCCCc1ccccc1Cc1cccc(C)c1. The molecular formula is C19H24. The lowest BCUT2D eigenvalue weighted by Gasteiger charge is -2.10. The molecule has 2 rings (SSSR count). The van der Waals surface area contributed by atoms with Crippen LogP contribution in [-0.4, -0.2) is 0 Å². The Labute approximate surface area is 117 Å². The molecule has 0 bridgehead atoms. The first kappa shape index (κ1) is 13.9. The van der Waals surface area contributed by atoms with Gasteiger partial charge in [-0.3, -0.25) is 0 Å². The maximum atomic E-state index is 2.29. The van der Waals surface area contributed by atoms with Gasteiger partial charge in [-0.2, -0.15) is 0 Å². The highest BCUT2D eigenvalue weighted by atomic mass is 14.1. The number of aryl methyl sites for hydroxylation is 2. The number of benzene rings is 2. The van der Waals surface area contributed by atoms with E-state index in [1.807, 2.05) is 0 Å². The molecule has 0 aliphatic rings. The Morgan fingerprint density at radius 3 is 2.37 bits per heavy atom. The fourth-order valence-corrected chi connectivity index (χ4v) is 2.58. The van der Waals surface area contributed by atoms with Crippen molar-refractivity contribution < 1.29 is 0 Å². The summed E-state index contributed by atoms with van der Waals surface area (Å²) in [6, 6.07) is 17.7. The highest BCUT2D eigenvalue weighted by molar-refractivity contribution is 5.34. The van der Waals surface area contributed by atoms with Crippen LogP contribution in [0.15, 0.2) is 48.5 Å². The Hall–Kier alpha value is -1.56. The summed E-state index contributed by atoms with van der Waals surface area (Å²) in [5, 5.41) is 0. The van der Waals surface area contributed by atoms with Crippen molar-refractivity contribution in [3.63, 3.8) is 0 Å². The molecule has 0 fully saturated rings. The van der Waals surface area contributed by atoms with E-state index in [0.717, 1.165) is 6.42 Å².